The van der Waals surface area contributed by atoms with E-state index in [-0.39, 0.29) is 0 Å². The third-order valence-electron chi connectivity index (χ3n) is 9.73. The van der Waals surface area contributed by atoms with Crippen molar-refractivity contribution in [2.75, 3.05) is 7.11 Å². The van der Waals surface area contributed by atoms with Crippen molar-refractivity contribution in [3.63, 3.8) is 0 Å². The number of rotatable bonds is 4. The Morgan fingerprint density at radius 1 is 0.966 bits per heavy atom. The summed E-state index contributed by atoms with van der Waals surface area (Å²) in [5.41, 5.74) is 2.02. The van der Waals surface area contributed by atoms with E-state index in [4.69, 9.17) is 9.26 Å². The van der Waals surface area contributed by atoms with Crippen molar-refractivity contribution in [3.05, 3.63) is 0 Å². The van der Waals surface area contributed by atoms with Crippen molar-refractivity contribution in [2.45, 2.75) is 104 Å². The van der Waals surface area contributed by atoms with E-state index in [1.165, 1.54) is 63.5 Å². The van der Waals surface area contributed by atoms with Crippen molar-refractivity contribution in [1.82, 2.24) is 0 Å². The second kappa shape index (κ2) is 7.65. The maximum atomic E-state index is 7.09. The third-order valence-corrected chi connectivity index (χ3v) is 10.7. The lowest BCUT2D eigenvalue weighted by Crippen LogP contribution is -2.60. The summed E-state index contributed by atoms with van der Waals surface area (Å²) in [5, 5.41) is 4.41. The molecule has 4 saturated carbocycles. The van der Waals surface area contributed by atoms with Gasteiger partial charge in [0.15, 0.2) is 8.32 Å². The van der Waals surface area contributed by atoms with E-state index >= 15 is 0 Å². The van der Waals surface area contributed by atoms with Crippen molar-refractivity contribution in [3.8, 4) is 0 Å². The van der Waals surface area contributed by atoms with Gasteiger partial charge in [0.1, 0.15) is 7.11 Å². The topological polar surface area (TPSA) is 30.8 Å². The fourth-order valence-electron chi connectivity index (χ4n) is 8.84. The molecule has 0 saturated heterocycles. The summed E-state index contributed by atoms with van der Waals surface area (Å²) in [5.74, 6) is 3.93. The molecule has 4 rings (SSSR count). The zero-order chi connectivity index (χ0) is 21.0. The molecular formula is C25H45NO2Si. The number of nitrogens with zero attached hydrogens (tertiary/aromatic N) is 1. The van der Waals surface area contributed by atoms with Gasteiger partial charge in [0.05, 0.1) is 5.71 Å². The standard InChI is InChI=1S/C25H45NO2Si/c1-17(26-27-4)20-13-14-21-19-12-11-18-10-8-9-15-24(18,2)23(19)22(16-25(20,21)3)28-29(5,6)7/h18-23H,8-16H2,1-7H3/t18-,19?,20+,21?,22-,23?,24-,25+/m0/s1. The minimum Gasteiger partial charge on any atom is -0.414 e. The summed E-state index contributed by atoms with van der Waals surface area (Å²) in [6.45, 7) is 14.6. The largest absolute Gasteiger partial charge is 0.414 e. The fourth-order valence-corrected chi connectivity index (χ4v) is 9.98. The first-order valence-corrected chi connectivity index (χ1v) is 15.8. The fraction of sp³-hybridized carbons (Fsp3) is 0.960. The minimum absolute atomic E-state index is 0.315. The Balaban J connectivity index is 1.73. The number of fused-ring (bicyclic) bond motifs is 5. The van der Waals surface area contributed by atoms with Gasteiger partial charge in [0, 0.05) is 12.0 Å². The highest BCUT2D eigenvalue weighted by Gasteiger charge is 2.63. The number of hydrogen-bond donors (Lipinski definition) is 0. The van der Waals surface area contributed by atoms with Crippen LogP contribution in [0.25, 0.3) is 0 Å². The summed E-state index contributed by atoms with van der Waals surface area (Å²) in [6, 6.07) is 0. The second-order valence-electron chi connectivity index (χ2n) is 12.3. The molecule has 0 N–H and O–H groups in total. The third kappa shape index (κ3) is 3.64. The first-order valence-electron chi connectivity index (χ1n) is 12.4. The second-order valence-corrected chi connectivity index (χ2v) is 16.8. The van der Waals surface area contributed by atoms with E-state index in [2.05, 4.69) is 45.6 Å². The molecular weight excluding hydrogens is 374 g/mol. The van der Waals surface area contributed by atoms with Crippen LogP contribution in [0.4, 0.5) is 0 Å². The van der Waals surface area contributed by atoms with Crippen LogP contribution in [-0.2, 0) is 9.26 Å². The van der Waals surface area contributed by atoms with Crippen LogP contribution < -0.4 is 0 Å². The molecule has 3 nitrogen and oxygen atoms in total. The van der Waals surface area contributed by atoms with Crippen LogP contribution in [0.15, 0.2) is 5.16 Å². The van der Waals surface area contributed by atoms with Crippen LogP contribution >= 0.6 is 0 Å². The smallest absolute Gasteiger partial charge is 0.184 e. The zero-order valence-corrected chi connectivity index (χ0v) is 21.1. The Labute approximate surface area is 180 Å². The quantitative estimate of drug-likeness (QED) is 0.282. The summed E-state index contributed by atoms with van der Waals surface area (Å²) >= 11 is 0. The molecule has 4 aliphatic rings. The zero-order valence-electron chi connectivity index (χ0n) is 20.1. The van der Waals surface area contributed by atoms with Gasteiger partial charge in [-0.2, -0.15) is 0 Å². The molecule has 4 aliphatic carbocycles. The molecule has 0 radical (unpaired) electrons. The number of oxime groups is 1. The lowest BCUT2D eigenvalue weighted by Gasteiger charge is -2.63. The van der Waals surface area contributed by atoms with Gasteiger partial charge < -0.3 is 9.26 Å². The maximum Gasteiger partial charge on any atom is 0.184 e. The van der Waals surface area contributed by atoms with E-state index < -0.39 is 8.32 Å². The van der Waals surface area contributed by atoms with Gasteiger partial charge in [-0.15, -0.1) is 0 Å². The van der Waals surface area contributed by atoms with E-state index in [1.54, 1.807) is 7.11 Å². The average molecular weight is 420 g/mol. The highest BCUT2D eigenvalue weighted by molar-refractivity contribution is 6.69. The molecule has 0 bridgehead atoms. The van der Waals surface area contributed by atoms with Crippen molar-refractivity contribution in [2.24, 2.45) is 45.6 Å². The summed E-state index contributed by atoms with van der Waals surface area (Å²) in [6.07, 6.45) is 13.0. The molecule has 0 aromatic heterocycles. The van der Waals surface area contributed by atoms with Gasteiger partial charge in [-0.25, -0.2) is 0 Å². The Morgan fingerprint density at radius 2 is 1.72 bits per heavy atom. The molecule has 3 unspecified atom stereocenters. The molecule has 4 heteroatoms. The molecule has 0 aliphatic heterocycles. The van der Waals surface area contributed by atoms with E-state index in [0.717, 1.165) is 23.7 Å². The SMILES string of the molecule is CON=C(C)[C@H]1CCC2C3CC[C@@H]4CCCC[C@]4(C)C3[C@@H](O[Si](C)(C)C)C[C@@]21C. The van der Waals surface area contributed by atoms with Gasteiger partial charge in [-0.3, -0.25) is 0 Å². The van der Waals surface area contributed by atoms with Gasteiger partial charge in [-0.05, 0) is 106 Å². The highest BCUT2D eigenvalue weighted by atomic mass is 28.4. The highest BCUT2D eigenvalue weighted by Crippen LogP contribution is 2.68. The van der Waals surface area contributed by atoms with Crippen LogP contribution in [0.1, 0.15) is 78.6 Å². The number of hydrogen-bond acceptors (Lipinski definition) is 3. The normalized spacial score (nSPS) is 47.9. The molecule has 0 aromatic carbocycles. The first-order chi connectivity index (χ1) is 13.6. The summed E-state index contributed by atoms with van der Waals surface area (Å²) < 4.78 is 7.09. The lowest BCUT2D eigenvalue weighted by atomic mass is 9.44. The predicted molar refractivity (Wildman–Crippen MR) is 124 cm³/mol. The van der Waals surface area contributed by atoms with Crippen molar-refractivity contribution in [1.29, 1.82) is 0 Å². The molecule has 166 valence electrons. The van der Waals surface area contributed by atoms with Crippen LogP contribution in [0.3, 0.4) is 0 Å². The van der Waals surface area contributed by atoms with Crippen LogP contribution in [-0.4, -0.2) is 27.2 Å². The molecule has 0 aromatic rings. The van der Waals surface area contributed by atoms with Crippen LogP contribution in [0.2, 0.25) is 19.6 Å². The lowest BCUT2D eigenvalue weighted by molar-refractivity contribution is -0.160. The maximum absolute atomic E-state index is 7.09. The van der Waals surface area contributed by atoms with E-state index in [0.29, 0.717) is 22.9 Å². The Morgan fingerprint density at radius 3 is 2.41 bits per heavy atom. The van der Waals surface area contributed by atoms with Gasteiger partial charge >= 0.3 is 0 Å². The molecule has 8 atom stereocenters. The summed E-state index contributed by atoms with van der Waals surface area (Å²) in [7, 11) is 0.0853. The summed E-state index contributed by atoms with van der Waals surface area (Å²) in [4.78, 5) is 5.21. The predicted octanol–water partition coefficient (Wildman–Crippen LogP) is 6.89. The van der Waals surface area contributed by atoms with Gasteiger partial charge in [0.25, 0.3) is 0 Å². The van der Waals surface area contributed by atoms with Crippen LogP contribution in [0, 0.1) is 40.4 Å². The Kier molecular flexibility index (Phi) is 5.77. The van der Waals surface area contributed by atoms with Gasteiger partial charge in [0.2, 0.25) is 0 Å². The monoisotopic (exact) mass is 419 g/mol. The minimum atomic E-state index is -1.61. The molecule has 29 heavy (non-hydrogen) atoms. The van der Waals surface area contributed by atoms with Crippen molar-refractivity contribution >= 4 is 14.0 Å². The molecule has 0 amide bonds. The van der Waals surface area contributed by atoms with E-state index in [9.17, 15) is 0 Å². The van der Waals surface area contributed by atoms with Crippen LogP contribution in [0.5, 0.6) is 0 Å². The van der Waals surface area contributed by atoms with E-state index in [1.807, 2.05) is 0 Å². The molecule has 4 fully saturated rings. The van der Waals surface area contributed by atoms with Crippen molar-refractivity contribution < 1.29 is 9.26 Å². The first kappa shape index (κ1) is 21.9. The van der Waals surface area contributed by atoms with Gasteiger partial charge in [-0.1, -0.05) is 31.8 Å². The molecule has 0 spiro atoms. The Bertz CT molecular complexity index is 643. The Hall–Kier alpha value is -0.353. The molecule has 0 heterocycles. The average Bonchev–Trinajstić information content (AvgIpc) is 2.96.